The van der Waals surface area contributed by atoms with Gasteiger partial charge in [-0.05, 0) is 54.9 Å². The summed E-state index contributed by atoms with van der Waals surface area (Å²) < 4.78 is 5.41. The van der Waals surface area contributed by atoms with Gasteiger partial charge < -0.3 is 15.8 Å². The number of nitrogens with two attached hydrogens (primary N) is 1. The van der Waals surface area contributed by atoms with Gasteiger partial charge in [0, 0.05) is 5.69 Å². The highest BCUT2D eigenvalue weighted by Gasteiger charge is 2.13. The lowest BCUT2D eigenvalue weighted by atomic mass is 9.90. The zero-order valence-electron chi connectivity index (χ0n) is 12.4. The molecule has 0 amide bonds. The van der Waals surface area contributed by atoms with Gasteiger partial charge in [-0.25, -0.2) is 4.99 Å². The normalized spacial score (nSPS) is 18.9. The summed E-state index contributed by atoms with van der Waals surface area (Å²) in [6, 6.07) is 6.41. The van der Waals surface area contributed by atoms with E-state index in [9.17, 15) is 0 Å². The predicted molar refractivity (Wildman–Crippen MR) is 86.7 cm³/mol. The van der Waals surface area contributed by atoms with Crippen molar-refractivity contribution in [2.24, 2.45) is 10.7 Å². The molecule has 3 N–H and O–H groups in total. The molecule has 0 aromatic heterocycles. The lowest BCUT2D eigenvalue weighted by molar-refractivity contribution is 0.150. The first-order valence-electron chi connectivity index (χ1n) is 7.76. The molecule has 0 saturated carbocycles. The van der Waals surface area contributed by atoms with Gasteiger partial charge in [-0.15, -0.1) is 0 Å². The minimum absolute atomic E-state index is 0.487. The number of hydrogen-bond donors (Lipinski definition) is 2. The molecule has 0 radical (unpaired) electrons. The average Bonchev–Trinajstić information content (AvgIpc) is 2.54. The van der Waals surface area contributed by atoms with E-state index in [0.29, 0.717) is 19.1 Å². The number of aryl methyl sites for hydroxylation is 1. The number of benzene rings is 1. The fourth-order valence-electron chi connectivity index (χ4n) is 2.98. The molecule has 4 heteroatoms. The molecular formula is C17H23N3O. The molecule has 1 aromatic rings. The Balaban J connectivity index is 1.67. The highest BCUT2D eigenvalue weighted by Crippen LogP contribution is 2.27. The van der Waals surface area contributed by atoms with E-state index >= 15 is 0 Å². The van der Waals surface area contributed by atoms with Gasteiger partial charge in [0.2, 0.25) is 0 Å². The van der Waals surface area contributed by atoms with Crippen LogP contribution in [0.1, 0.15) is 30.4 Å². The zero-order chi connectivity index (χ0) is 14.5. The van der Waals surface area contributed by atoms with Crippen LogP contribution >= 0.6 is 0 Å². The molecule has 0 spiro atoms. The Labute approximate surface area is 126 Å². The number of anilines is 1. The van der Waals surface area contributed by atoms with Crippen molar-refractivity contribution in [3.05, 3.63) is 41.0 Å². The van der Waals surface area contributed by atoms with Crippen LogP contribution in [0.5, 0.6) is 0 Å². The van der Waals surface area contributed by atoms with Crippen LogP contribution in [0, 0.1) is 0 Å². The van der Waals surface area contributed by atoms with Crippen LogP contribution in [-0.4, -0.2) is 25.7 Å². The summed E-state index contributed by atoms with van der Waals surface area (Å²) in [5, 5.41) is 3.27. The number of aliphatic imine (C=N–C) groups is 1. The van der Waals surface area contributed by atoms with Crippen LogP contribution in [0.15, 0.2) is 34.8 Å². The first kappa shape index (κ1) is 14.1. The lowest BCUT2D eigenvalue weighted by Crippen LogP contribution is -2.25. The van der Waals surface area contributed by atoms with Gasteiger partial charge in [-0.1, -0.05) is 18.2 Å². The minimum Gasteiger partial charge on any atom is -0.377 e. The second-order valence-corrected chi connectivity index (χ2v) is 5.68. The Morgan fingerprint density at radius 3 is 3.05 bits per heavy atom. The van der Waals surface area contributed by atoms with Crippen LogP contribution in [0.2, 0.25) is 0 Å². The summed E-state index contributed by atoms with van der Waals surface area (Å²) in [5.74, 6) is 0.487. The van der Waals surface area contributed by atoms with Gasteiger partial charge in [-0.3, -0.25) is 0 Å². The first-order valence-corrected chi connectivity index (χ1v) is 7.76. The third-order valence-corrected chi connectivity index (χ3v) is 4.09. The molecule has 0 atom stereocenters. The van der Waals surface area contributed by atoms with E-state index in [4.69, 9.17) is 10.5 Å². The molecule has 0 unspecified atom stereocenters. The largest absolute Gasteiger partial charge is 0.377 e. The second kappa shape index (κ2) is 6.76. The molecule has 1 aliphatic carbocycles. The maximum Gasteiger partial charge on any atom is 0.193 e. The third-order valence-electron chi connectivity index (χ3n) is 4.09. The quantitative estimate of drug-likeness (QED) is 0.510. The summed E-state index contributed by atoms with van der Waals surface area (Å²) in [5.41, 5.74) is 11.2. The van der Waals surface area contributed by atoms with Crippen molar-refractivity contribution in [2.75, 3.05) is 25.1 Å². The Hall–Kier alpha value is -1.81. The number of nitrogens with zero attached hydrogens (tertiary/aromatic N) is 1. The fraction of sp³-hybridized carbons (Fsp3) is 0.471. The Kier molecular flexibility index (Phi) is 4.55. The average molecular weight is 285 g/mol. The Bertz CT molecular complexity index is 563. The molecule has 0 fully saturated rings. The van der Waals surface area contributed by atoms with Crippen LogP contribution in [0.4, 0.5) is 5.69 Å². The SMILES string of the molecule is NC(=NCC1=CCCOC1)Nc1cccc2c1CCCC2. The number of hydrogen-bond acceptors (Lipinski definition) is 2. The highest BCUT2D eigenvalue weighted by molar-refractivity contribution is 5.93. The van der Waals surface area contributed by atoms with Crippen LogP contribution in [0.3, 0.4) is 0 Å². The van der Waals surface area contributed by atoms with E-state index in [1.54, 1.807) is 0 Å². The van der Waals surface area contributed by atoms with Crippen molar-refractivity contribution >= 4 is 11.6 Å². The minimum atomic E-state index is 0.487. The van der Waals surface area contributed by atoms with Crippen molar-refractivity contribution in [1.29, 1.82) is 0 Å². The summed E-state index contributed by atoms with van der Waals surface area (Å²) in [4.78, 5) is 4.43. The topological polar surface area (TPSA) is 59.6 Å². The first-order chi connectivity index (χ1) is 10.3. The molecule has 1 aliphatic heterocycles. The summed E-state index contributed by atoms with van der Waals surface area (Å²) >= 11 is 0. The molecule has 4 nitrogen and oxygen atoms in total. The summed E-state index contributed by atoms with van der Waals surface area (Å²) in [6.45, 7) is 2.11. The molecule has 3 rings (SSSR count). The Morgan fingerprint density at radius 2 is 2.19 bits per heavy atom. The van der Waals surface area contributed by atoms with Gasteiger partial charge >= 0.3 is 0 Å². The van der Waals surface area contributed by atoms with Gasteiger partial charge in [0.15, 0.2) is 5.96 Å². The number of fused-ring (bicyclic) bond motifs is 1. The number of nitrogens with one attached hydrogen (secondary N) is 1. The van der Waals surface area contributed by atoms with Gasteiger partial charge in [-0.2, -0.15) is 0 Å². The maximum atomic E-state index is 6.03. The molecule has 2 aliphatic rings. The standard InChI is InChI=1S/C17H23N3O/c18-17(19-11-13-5-4-10-21-12-13)20-16-9-3-7-14-6-1-2-8-15(14)16/h3,5,7,9H,1-2,4,6,8,10-12H2,(H3,18,19,20). The van der Waals surface area contributed by atoms with Crippen LogP contribution in [0.25, 0.3) is 0 Å². The third kappa shape index (κ3) is 3.64. The van der Waals surface area contributed by atoms with E-state index in [1.165, 1.54) is 36.0 Å². The van der Waals surface area contributed by atoms with E-state index in [0.717, 1.165) is 25.1 Å². The zero-order valence-corrected chi connectivity index (χ0v) is 12.4. The number of guanidine groups is 1. The molecule has 112 valence electrons. The molecule has 1 aromatic carbocycles. The second-order valence-electron chi connectivity index (χ2n) is 5.68. The monoisotopic (exact) mass is 285 g/mol. The van der Waals surface area contributed by atoms with Gasteiger partial charge in [0.1, 0.15) is 0 Å². The molecule has 21 heavy (non-hydrogen) atoms. The van der Waals surface area contributed by atoms with E-state index in [1.807, 2.05) is 0 Å². The van der Waals surface area contributed by atoms with Gasteiger partial charge in [0.25, 0.3) is 0 Å². The van der Waals surface area contributed by atoms with E-state index in [2.05, 4.69) is 34.6 Å². The Morgan fingerprint density at radius 1 is 1.29 bits per heavy atom. The van der Waals surface area contributed by atoms with Crippen molar-refractivity contribution in [3.63, 3.8) is 0 Å². The highest BCUT2D eigenvalue weighted by atomic mass is 16.5. The summed E-state index contributed by atoms with van der Waals surface area (Å²) in [7, 11) is 0. The maximum absolute atomic E-state index is 6.03. The van der Waals surface area contributed by atoms with Crippen LogP contribution < -0.4 is 11.1 Å². The molecule has 1 heterocycles. The number of ether oxygens (including phenoxy) is 1. The smallest absolute Gasteiger partial charge is 0.193 e. The van der Waals surface area contributed by atoms with Crippen molar-refractivity contribution < 1.29 is 4.74 Å². The summed E-state index contributed by atoms with van der Waals surface area (Å²) in [6.07, 6.45) is 8.02. The predicted octanol–water partition coefficient (Wildman–Crippen LogP) is 2.64. The van der Waals surface area contributed by atoms with Crippen molar-refractivity contribution in [1.82, 2.24) is 0 Å². The van der Waals surface area contributed by atoms with Crippen LogP contribution in [-0.2, 0) is 17.6 Å². The van der Waals surface area contributed by atoms with E-state index < -0.39 is 0 Å². The van der Waals surface area contributed by atoms with E-state index in [-0.39, 0.29) is 0 Å². The fourth-order valence-corrected chi connectivity index (χ4v) is 2.98. The molecular weight excluding hydrogens is 262 g/mol. The van der Waals surface area contributed by atoms with Gasteiger partial charge in [0.05, 0.1) is 19.8 Å². The van der Waals surface area contributed by atoms with Crippen molar-refractivity contribution in [2.45, 2.75) is 32.1 Å². The lowest BCUT2D eigenvalue weighted by Gasteiger charge is -2.20. The number of rotatable bonds is 3. The van der Waals surface area contributed by atoms with Crippen molar-refractivity contribution in [3.8, 4) is 0 Å². The molecule has 0 saturated heterocycles. The molecule has 0 bridgehead atoms.